The standard InChI is InChI=1S/C15H19N3O/c1-11-6-4-5-7-14(11)16-15(19)10-13(3)18-9-8-12(2)17-18/h4-9,13H,10H2,1-3H3,(H,16,19)/t13-/m1/s1. The molecule has 1 aromatic heterocycles. The number of hydrogen-bond donors (Lipinski definition) is 1. The zero-order chi connectivity index (χ0) is 13.8. The van der Waals surface area contributed by atoms with Gasteiger partial charge in [0.25, 0.3) is 0 Å². The van der Waals surface area contributed by atoms with E-state index in [0.29, 0.717) is 6.42 Å². The van der Waals surface area contributed by atoms with Crippen molar-refractivity contribution in [2.24, 2.45) is 0 Å². The summed E-state index contributed by atoms with van der Waals surface area (Å²) >= 11 is 0. The molecule has 0 bridgehead atoms. The molecule has 4 nitrogen and oxygen atoms in total. The molecule has 0 spiro atoms. The first-order valence-corrected chi connectivity index (χ1v) is 6.43. The van der Waals surface area contributed by atoms with Crippen LogP contribution in [0.2, 0.25) is 0 Å². The Labute approximate surface area is 113 Å². The second-order valence-electron chi connectivity index (χ2n) is 4.85. The van der Waals surface area contributed by atoms with Crippen molar-refractivity contribution >= 4 is 11.6 Å². The van der Waals surface area contributed by atoms with Crippen LogP contribution in [0.25, 0.3) is 0 Å². The van der Waals surface area contributed by atoms with Crippen LogP contribution in [0.3, 0.4) is 0 Å². The SMILES string of the molecule is Cc1ccn([C@H](C)CC(=O)Nc2ccccc2C)n1. The van der Waals surface area contributed by atoms with E-state index in [2.05, 4.69) is 10.4 Å². The zero-order valence-corrected chi connectivity index (χ0v) is 11.6. The highest BCUT2D eigenvalue weighted by molar-refractivity contribution is 5.91. The van der Waals surface area contributed by atoms with E-state index in [4.69, 9.17) is 0 Å². The highest BCUT2D eigenvalue weighted by Gasteiger charge is 2.12. The molecule has 0 fully saturated rings. The van der Waals surface area contributed by atoms with E-state index in [-0.39, 0.29) is 11.9 Å². The summed E-state index contributed by atoms with van der Waals surface area (Å²) in [4.78, 5) is 12.0. The van der Waals surface area contributed by atoms with Crippen molar-refractivity contribution in [3.05, 3.63) is 47.8 Å². The highest BCUT2D eigenvalue weighted by atomic mass is 16.1. The third-order valence-electron chi connectivity index (χ3n) is 3.09. The van der Waals surface area contributed by atoms with E-state index < -0.39 is 0 Å². The monoisotopic (exact) mass is 257 g/mol. The maximum atomic E-state index is 12.0. The van der Waals surface area contributed by atoms with Gasteiger partial charge in [0.15, 0.2) is 0 Å². The summed E-state index contributed by atoms with van der Waals surface area (Å²) in [6, 6.07) is 9.77. The Hall–Kier alpha value is -2.10. The first kappa shape index (κ1) is 13.3. The molecule has 0 radical (unpaired) electrons. The molecule has 1 N–H and O–H groups in total. The number of carbonyl (C=O) groups is 1. The normalized spacial score (nSPS) is 12.2. The Morgan fingerprint density at radius 3 is 2.68 bits per heavy atom. The molecular formula is C15H19N3O. The Bertz CT molecular complexity index is 574. The summed E-state index contributed by atoms with van der Waals surface area (Å²) in [6.07, 6.45) is 2.32. The summed E-state index contributed by atoms with van der Waals surface area (Å²) in [5.41, 5.74) is 2.90. The summed E-state index contributed by atoms with van der Waals surface area (Å²) in [7, 11) is 0. The van der Waals surface area contributed by atoms with Crippen molar-refractivity contribution < 1.29 is 4.79 Å². The van der Waals surface area contributed by atoms with Gasteiger partial charge in [-0.05, 0) is 38.5 Å². The number of amides is 1. The molecule has 1 atom stereocenters. The topological polar surface area (TPSA) is 46.9 Å². The lowest BCUT2D eigenvalue weighted by Crippen LogP contribution is -2.18. The Balaban J connectivity index is 1.96. The molecule has 4 heteroatoms. The van der Waals surface area contributed by atoms with Crippen LogP contribution in [0.1, 0.15) is 30.6 Å². The minimum atomic E-state index is 0.00922. The number of rotatable bonds is 4. The maximum Gasteiger partial charge on any atom is 0.226 e. The first-order chi connectivity index (χ1) is 9.06. The Morgan fingerprint density at radius 1 is 1.32 bits per heavy atom. The molecule has 0 aliphatic heterocycles. The van der Waals surface area contributed by atoms with Gasteiger partial charge in [-0.1, -0.05) is 18.2 Å². The van der Waals surface area contributed by atoms with Crippen molar-refractivity contribution in [3.8, 4) is 0 Å². The van der Waals surface area contributed by atoms with Gasteiger partial charge in [-0.2, -0.15) is 5.10 Å². The van der Waals surface area contributed by atoms with Crippen LogP contribution in [0.5, 0.6) is 0 Å². The van der Waals surface area contributed by atoms with Gasteiger partial charge in [0.05, 0.1) is 11.7 Å². The van der Waals surface area contributed by atoms with Crippen LogP contribution < -0.4 is 5.32 Å². The average Bonchev–Trinajstić information content (AvgIpc) is 2.79. The van der Waals surface area contributed by atoms with Crippen molar-refractivity contribution in [2.45, 2.75) is 33.2 Å². The molecule has 0 aliphatic carbocycles. The quantitative estimate of drug-likeness (QED) is 0.915. The number of nitrogens with one attached hydrogen (secondary N) is 1. The fourth-order valence-electron chi connectivity index (χ4n) is 1.95. The fourth-order valence-corrected chi connectivity index (χ4v) is 1.95. The van der Waals surface area contributed by atoms with Crippen molar-refractivity contribution in [1.29, 1.82) is 0 Å². The van der Waals surface area contributed by atoms with Gasteiger partial charge in [0.1, 0.15) is 0 Å². The number of nitrogens with zero attached hydrogens (tertiary/aromatic N) is 2. The molecule has 1 amide bonds. The Kier molecular flexibility index (Phi) is 4.00. The second-order valence-corrected chi connectivity index (χ2v) is 4.85. The molecule has 0 unspecified atom stereocenters. The third-order valence-corrected chi connectivity index (χ3v) is 3.09. The first-order valence-electron chi connectivity index (χ1n) is 6.43. The van der Waals surface area contributed by atoms with E-state index in [1.165, 1.54) is 0 Å². The summed E-state index contributed by atoms with van der Waals surface area (Å²) in [5.74, 6) is 0.00922. The molecule has 1 aromatic carbocycles. The largest absolute Gasteiger partial charge is 0.326 e. The molecule has 100 valence electrons. The fraction of sp³-hybridized carbons (Fsp3) is 0.333. The van der Waals surface area contributed by atoms with Gasteiger partial charge in [0, 0.05) is 18.3 Å². The van der Waals surface area contributed by atoms with Crippen LogP contribution in [0.15, 0.2) is 36.5 Å². The van der Waals surface area contributed by atoms with Crippen molar-refractivity contribution in [1.82, 2.24) is 9.78 Å². The second kappa shape index (κ2) is 5.69. The van der Waals surface area contributed by atoms with E-state index >= 15 is 0 Å². The average molecular weight is 257 g/mol. The minimum Gasteiger partial charge on any atom is -0.326 e. The lowest BCUT2D eigenvalue weighted by molar-refractivity contribution is -0.116. The number of aromatic nitrogens is 2. The number of hydrogen-bond acceptors (Lipinski definition) is 2. The predicted octanol–water partition coefficient (Wildman–Crippen LogP) is 3.09. The number of aryl methyl sites for hydroxylation is 2. The smallest absolute Gasteiger partial charge is 0.226 e. The number of para-hydroxylation sites is 1. The molecule has 0 saturated carbocycles. The maximum absolute atomic E-state index is 12.0. The lowest BCUT2D eigenvalue weighted by atomic mass is 10.2. The summed E-state index contributed by atoms with van der Waals surface area (Å²) in [6.45, 7) is 5.91. The molecule has 19 heavy (non-hydrogen) atoms. The Morgan fingerprint density at radius 2 is 2.05 bits per heavy atom. The van der Waals surface area contributed by atoms with Crippen molar-refractivity contribution in [2.75, 3.05) is 5.32 Å². The van der Waals surface area contributed by atoms with Crippen LogP contribution >= 0.6 is 0 Å². The van der Waals surface area contributed by atoms with Crippen LogP contribution in [-0.4, -0.2) is 15.7 Å². The van der Waals surface area contributed by atoms with Crippen LogP contribution in [0, 0.1) is 13.8 Å². The predicted molar refractivity (Wildman–Crippen MR) is 76.1 cm³/mol. The molecule has 2 rings (SSSR count). The molecule has 2 aromatic rings. The molecule has 1 heterocycles. The van der Waals surface area contributed by atoms with E-state index in [0.717, 1.165) is 16.9 Å². The van der Waals surface area contributed by atoms with Gasteiger partial charge in [-0.3, -0.25) is 9.48 Å². The summed E-state index contributed by atoms with van der Waals surface area (Å²) < 4.78 is 1.83. The minimum absolute atomic E-state index is 0.00922. The zero-order valence-electron chi connectivity index (χ0n) is 11.6. The molecule has 0 saturated heterocycles. The number of benzene rings is 1. The number of carbonyl (C=O) groups excluding carboxylic acids is 1. The van der Waals surface area contributed by atoms with E-state index in [1.807, 2.05) is 62.0 Å². The van der Waals surface area contributed by atoms with Gasteiger partial charge >= 0.3 is 0 Å². The van der Waals surface area contributed by atoms with E-state index in [9.17, 15) is 4.79 Å². The van der Waals surface area contributed by atoms with Gasteiger partial charge < -0.3 is 5.32 Å². The molecule has 0 aliphatic rings. The number of anilines is 1. The lowest BCUT2D eigenvalue weighted by Gasteiger charge is -2.13. The van der Waals surface area contributed by atoms with Gasteiger partial charge in [-0.25, -0.2) is 0 Å². The van der Waals surface area contributed by atoms with Gasteiger partial charge in [0.2, 0.25) is 5.91 Å². The highest BCUT2D eigenvalue weighted by Crippen LogP contribution is 2.16. The van der Waals surface area contributed by atoms with E-state index in [1.54, 1.807) is 0 Å². The van der Waals surface area contributed by atoms with Crippen LogP contribution in [0.4, 0.5) is 5.69 Å². The van der Waals surface area contributed by atoms with Crippen LogP contribution in [-0.2, 0) is 4.79 Å². The van der Waals surface area contributed by atoms with Crippen molar-refractivity contribution in [3.63, 3.8) is 0 Å². The van der Waals surface area contributed by atoms with Gasteiger partial charge in [-0.15, -0.1) is 0 Å². The summed E-state index contributed by atoms with van der Waals surface area (Å²) in [5, 5.41) is 7.26. The molecular weight excluding hydrogens is 238 g/mol. The third kappa shape index (κ3) is 3.44.